The highest BCUT2D eigenvalue weighted by Crippen LogP contribution is 2.24. The Bertz CT molecular complexity index is 757. The van der Waals surface area contributed by atoms with Crippen molar-refractivity contribution >= 4 is 34.1 Å². The van der Waals surface area contributed by atoms with E-state index in [1.54, 1.807) is 6.07 Å². The summed E-state index contributed by atoms with van der Waals surface area (Å²) in [7, 11) is 0. The van der Waals surface area contributed by atoms with Gasteiger partial charge in [-0.2, -0.15) is 0 Å². The van der Waals surface area contributed by atoms with Gasteiger partial charge in [0.2, 0.25) is 0 Å². The zero-order valence-electron chi connectivity index (χ0n) is 11.4. The second-order valence-corrected chi connectivity index (χ2v) is 5.73. The highest BCUT2D eigenvalue weighted by molar-refractivity contribution is 6.35. The summed E-state index contributed by atoms with van der Waals surface area (Å²) in [6, 6.07) is 15.9. The van der Waals surface area contributed by atoms with Crippen LogP contribution in [0.4, 0.5) is 0 Å². The lowest BCUT2D eigenvalue weighted by molar-refractivity contribution is 0.776. The van der Waals surface area contributed by atoms with Gasteiger partial charge in [-0.3, -0.25) is 0 Å². The van der Waals surface area contributed by atoms with E-state index in [2.05, 4.69) is 34.2 Å². The molecule has 0 unspecified atom stereocenters. The first-order chi connectivity index (χ1) is 10.2. The van der Waals surface area contributed by atoms with E-state index in [1.807, 2.05) is 18.2 Å². The summed E-state index contributed by atoms with van der Waals surface area (Å²) in [6.45, 7) is 0. The van der Waals surface area contributed by atoms with Gasteiger partial charge in [0.25, 0.3) is 0 Å². The molecule has 0 amide bonds. The van der Waals surface area contributed by atoms with E-state index in [4.69, 9.17) is 23.2 Å². The molecule has 4 heteroatoms. The average Bonchev–Trinajstić information content (AvgIpc) is 2.49. The highest BCUT2D eigenvalue weighted by atomic mass is 35.5. The molecular weight excluding hydrogens is 303 g/mol. The maximum absolute atomic E-state index is 6.22. The number of benzene rings is 2. The molecule has 3 rings (SSSR count). The Morgan fingerprint density at radius 2 is 1.67 bits per heavy atom. The SMILES string of the molecule is Clc1ccc2nc(CCCc3ccccc3)nc(Cl)c2c1. The van der Waals surface area contributed by atoms with Gasteiger partial charge in [0.1, 0.15) is 11.0 Å². The quantitative estimate of drug-likeness (QED) is 0.625. The lowest BCUT2D eigenvalue weighted by Crippen LogP contribution is -1.98. The van der Waals surface area contributed by atoms with Gasteiger partial charge in [-0.05, 0) is 36.6 Å². The monoisotopic (exact) mass is 316 g/mol. The van der Waals surface area contributed by atoms with Crippen LogP contribution in [0.2, 0.25) is 10.2 Å². The van der Waals surface area contributed by atoms with Crippen LogP contribution in [0.3, 0.4) is 0 Å². The molecule has 106 valence electrons. The minimum absolute atomic E-state index is 0.470. The zero-order valence-corrected chi connectivity index (χ0v) is 12.9. The van der Waals surface area contributed by atoms with Crippen molar-refractivity contribution in [1.82, 2.24) is 9.97 Å². The number of hydrogen-bond donors (Lipinski definition) is 0. The van der Waals surface area contributed by atoms with Crippen LogP contribution < -0.4 is 0 Å². The molecular formula is C17H14Cl2N2. The molecule has 0 saturated carbocycles. The van der Waals surface area contributed by atoms with Gasteiger partial charge >= 0.3 is 0 Å². The molecule has 0 fully saturated rings. The Kier molecular flexibility index (Phi) is 4.37. The molecule has 0 aliphatic carbocycles. The van der Waals surface area contributed by atoms with Gasteiger partial charge in [0.15, 0.2) is 0 Å². The van der Waals surface area contributed by atoms with E-state index >= 15 is 0 Å². The zero-order chi connectivity index (χ0) is 14.7. The molecule has 1 aromatic heterocycles. The Hall–Kier alpha value is -1.64. The van der Waals surface area contributed by atoms with E-state index < -0.39 is 0 Å². The van der Waals surface area contributed by atoms with Crippen LogP contribution in [-0.4, -0.2) is 9.97 Å². The minimum Gasteiger partial charge on any atom is -0.233 e. The second-order valence-electron chi connectivity index (χ2n) is 4.93. The largest absolute Gasteiger partial charge is 0.233 e. The van der Waals surface area contributed by atoms with Crippen molar-refractivity contribution < 1.29 is 0 Å². The molecule has 0 aliphatic heterocycles. The summed E-state index contributed by atoms with van der Waals surface area (Å²) >= 11 is 12.2. The standard InChI is InChI=1S/C17H14Cl2N2/c18-13-9-10-15-14(11-13)17(19)21-16(20-15)8-4-7-12-5-2-1-3-6-12/h1-3,5-6,9-11H,4,7-8H2. The summed E-state index contributed by atoms with van der Waals surface area (Å²) in [5.74, 6) is 0.783. The maximum Gasteiger partial charge on any atom is 0.140 e. The molecule has 1 heterocycles. The first kappa shape index (κ1) is 14.3. The summed E-state index contributed by atoms with van der Waals surface area (Å²) in [5, 5.41) is 1.91. The third kappa shape index (κ3) is 3.52. The van der Waals surface area contributed by atoms with E-state index in [9.17, 15) is 0 Å². The number of fused-ring (bicyclic) bond motifs is 1. The van der Waals surface area contributed by atoms with Gasteiger partial charge in [0.05, 0.1) is 5.52 Å². The van der Waals surface area contributed by atoms with Gasteiger partial charge in [-0.1, -0.05) is 53.5 Å². The number of halogens is 2. The van der Waals surface area contributed by atoms with Crippen molar-refractivity contribution in [3.05, 3.63) is 70.1 Å². The van der Waals surface area contributed by atoms with Crippen LogP contribution in [0.15, 0.2) is 48.5 Å². The molecule has 0 atom stereocenters. The van der Waals surface area contributed by atoms with Crippen molar-refractivity contribution in [1.29, 1.82) is 0 Å². The van der Waals surface area contributed by atoms with Crippen molar-refractivity contribution in [2.45, 2.75) is 19.3 Å². The Labute approximate surface area is 133 Å². The van der Waals surface area contributed by atoms with Crippen molar-refractivity contribution in [2.24, 2.45) is 0 Å². The highest BCUT2D eigenvalue weighted by Gasteiger charge is 2.06. The van der Waals surface area contributed by atoms with Crippen molar-refractivity contribution in [3.63, 3.8) is 0 Å². The molecule has 0 aliphatic rings. The van der Waals surface area contributed by atoms with Crippen LogP contribution in [-0.2, 0) is 12.8 Å². The van der Waals surface area contributed by atoms with E-state index in [0.717, 1.165) is 36.0 Å². The molecule has 0 N–H and O–H groups in total. The lowest BCUT2D eigenvalue weighted by atomic mass is 10.1. The van der Waals surface area contributed by atoms with Crippen LogP contribution in [0.1, 0.15) is 17.8 Å². The molecule has 2 nitrogen and oxygen atoms in total. The molecule has 3 aromatic rings. The average molecular weight is 317 g/mol. The summed E-state index contributed by atoms with van der Waals surface area (Å²) in [4.78, 5) is 8.92. The lowest BCUT2D eigenvalue weighted by Gasteiger charge is -2.05. The second kappa shape index (κ2) is 6.42. The number of hydrogen-bond acceptors (Lipinski definition) is 2. The summed E-state index contributed by atoms with van der Waals surface area (Å²) < 4.78 is 0. The molecule has 0 radical (unpaired) electrons. The smallest absolute Gasteiger partial charge is 0.140 e. The first-order valence-corrected chi connectivity index (χ1v) is 7.63. The topological polar surface area (TPSA) is 25.8 Å². The number of aryl methyl sites for hydroxylation is 2. The van der Waals surface area contributed by atoms with E-state index in [-0.39, 0.29) is 0 Å². The molecule has 21 heavy (non-hydrogen) atoms. The molecule has 0 bridgehead atoms. The summed E-state index contributed by atoms with van der Waals surface area (Å²) in [6.07, 6.45) is 2.83. The Morgan fingerprint density at radius 3 is 2.48 bits per heavy atom. The predicted octanol–water partition coefficient (Wildman–Crippen LogP) is 5.11. The fraction of sp³-hybridized carbons (Fsp3) is 0.176. The maximum atomic E-state index is 6.22. The molecule has 2 aromatic carbocycles. The fourth-order valence-corrected chi connectivity index (χ4v) is 2.74. The Balaban J connectivity index is 1.74. The Morgan fingerprint density at radius 1 is 0.857 bits per heavy atom. The van der Waals surface area contributed by atoms with Crippen LogP contribution in [0.5, 0.6) is 0 Å². The normalized spacial score (nSPS) is 11.0. The predicted molar refractivity (Wildman–Crippen MR) is 88.0 cm³/mol. The van der Waals surface area contributed by atoms with Gasteiger partial charge in [0, 0.05) is 16.8 Å². The molecule has 0 saturated heterocycles. The van der Waals surface area contributed by atoms with Crippen molar-refractivity contribution in [3.8, 4) is 0 Å². The number of aromatic nitrogens is 2. The van der Waals surface area contributed by atoms with Crippen LogP contribution in [0, 0.1) is 0 Å². The van der Waals surface area contributed by atoms with Crippen LogP contribution >= 0.6 is 23.2 Å². The first-order valence-electron chi connectivity index (χ1n) is 6.88. The third-order valence-corrected chi connectivity index (χ3v) is 3.89. The van der Waals surface area contributed by atoms with E-state index in [1.165, 1.54) is 5.56 Å². The number of nitrogens with zero attached hydrogens (tertiary/aromatic N) is 2. The minimum atomic E-state index is 0.470. The van der Waals surface area contributed by atoms with E-state index in [0.29, 0.717) is 10.2 Å². The number of rotatable bonds is 4. The third-order valence-electron chi connectivity index (χ3n) is 3.37. The molecule has 0 spiro atoms. The van der Waals surface area contributed by atoms with Gasteiger partial charge in [-0.25, -0.2) is 9.97 Å². The fourth-order valence-electron chi connectivity index (χ4n) is 2.32. The van der Waals surface area contributed by atoms with Gasteiger partial charge < -0.3 is 0 Å². The van der Waals surface area contributed by atoms with Gasteiger partial charge in [-0.15, -0.1) is 0 Å². The van der Waals surface area contributed by atoms with Crippen molar-refractivity contribution in [2.75, 3.05) is 0 Å². The summed E-state index contributed by atoms with van der Waals surface area (Å²) in [5.41, 5.74) is 2.17. The van der Waals surface area contributed by atoms with Crippen LogP contribution in [0.25, 0.3) is 10.9 Å².